The van der Waals surface area contributed by atoms with Gasteiger partial charge >= 0.3 is 5.97 Å². The summed E-state index contributed by atoms with van der Waals surface area (Å²) in [7, 11) is -4.16. The highest BCUT2D eigenvalue weighted by Crippen LogP contribution is 2.25. The van der Waals surface area contributed by atoms with Crippen LogP contribution in [0.4, 0.5) is 10.8 Å². The number of anilines is 2. The molecule has 30 heavy (non-hydrogen) atoms. The van der Waals surface area contributed by atoms with Crippen molar-refractivity contribution in [2.45, 2.75) is 11.3 Å². The highest BCUT2D eigenvalue weighted by molar-refractivity contribution is 7.94. The Morgan fingerprint density at radius 2 is 1.73 bits per heavy atom. The monoisotopic (exact) mass is 466 g/mol. The van der Waals surface area contributed by atoms with Gasteiger partial charge < -0.3 is 4.74 Å². The molecule has 0 aliphatic carbocycles. The van der Waals surface area contributed by atoms with Crippen LogP contribution < -0.4 is 10.0 Å². The zero-order valence-corrected chi connectivity index (χ0v) is 17.8. The zero-order valence-electron chi connectivity index (χ0n) is 15.5. The average molecular weight is 467 g/mol. The van der Waals surface area contributed by atoms with E-state index in [1.165, 1.54) is 18.2 Å². The summed E-state index contributed by atoms with van der Waals surface area (Å²) in [6, 6.07) is 12.4. The number of esters is 1. The summed E-state index contributed by atoms with van der Waals surface area (Å²) in [5.41, 5.74) is 0.299. The number of sulfonamides is 1. The van der Waals surface area contributed by atoms with Gasteiger partial charge in [0, 0.05) is 0 Å². The first-order valence-corrected chi connectivity index (χ1v) is 11.2. The van der Waals surface area contributed by atoms with Crippen LogP contribution >= 0.6 is 22.9 Å². The molecular formula is C18H15ClN4O5S2. The van der Waals surface area contributed by atoms with Gasteiger partial charge in [-0.15, -0.1) is 10.2 Å². The molecule has 9 nitrogen and oxygen atoms in total. The molecule has 2 N–H and O–H groups in total. The number of ether oxygens (including phenoxy) is 1. The van der Waals surface area contributed by atoms with Gasteiger partial charge in [-0.05, 0) is 31.2 Å². The molecule has 0 spiro atoms. The van der Waals surface area contributed by atoms with Crippen LogP contribution in [-0.4, -0.2) is 37.1 Å². The minimum atomic E-state index is -4.16. The number of aromatic nitrogens is 2. The topological polar surface area (TPSA) is 127 Å². The zero-order chi connectivity index (χ0) is 21.7. The SMILES string of the molecule is CCOC(=O)c1ccccc1NS(=O)(=O)c1nnc(NC(=O)c2ccccc2Cl)s1. The number of nitrogens with one attached hydrogen (secondary N) is 2. The highest BCUT2D eigenvalue weighted by Gasteiger charge is 2.24. The molecule has 2 aromatic carbocycles. The van der Waals surface area contributed by atoms with Crippen molar-refractivity contribution in [1.82, 2.24) is 10.2 Å². The molecule has 0 unspecified atom stereocenters. The first-order valence-electron chi connectivity index (χ1n) is 8.50. The minimum absolute atomic E-state index is 0.0287. The molecule has 0 saturated carbocycles. The highest BCUT2D eigenvalue weighted by atomic mass is 35.5. The molecule has 1 heterocycles. The Bertz CT molecular complexity index is 1200. The van der Waals surface area contributed by atoms with Gasteiger partial charge in [-0.25, -0.2) is 4.79 Å². The third-order valence-corrected chi connectivity index (χ3v) is 6.54. The lowest BCUT2D eigenvalue weighted by atomic mass is 10.2. The molecule has 3 aromatic rings. The molecule has 0 saturated heterocycles. The number of rotatable bonds is 7. The number of hydrogen-bond acceptors (Lipinski definition) is 8. The lowest BCUT2D eigenvalue weighted by molar-refractivity contribution is 0.0527. The number of carbonyl (C=O) groups is 2. The minimum Gasteiger partial charge on any atom is -0.462 e. The number of nitrogens with zero attached hydrogens (tertiary/aromatic N) is 2. The molecule has 12 heteroatoms. The Hall–Kier alpha value is -3.02. The van der Waals surface area contributed by atoms with E-state index in [2.05, 4.69) is 20.2 Å². The van der Waals surface area contributed by atoms with E-state index < -0.39 is 26.2 Å². The number of para-hydroxylation sites is 1. The van der Waals surface area contributed by atoms with Crippen LogP contribution in [0.2, 0.25) is 5.02 Å². The Labute approximate surface area is 181 Å². The third kappa shape index (κ3) is 4.93. The lowest BCUT2D eigenvalue weighted by Crippen LogP contribution is -2.16. The molecule has 1 aromatic heterocycles. The Balaban J connectivity index is 1.79. The first-order chi connectivity index (χ1) is 14.3. The summed E-state index contributed by atoms with van der Waals surface area (Å²) < 4.78 is 32.2. The van der Waals surface area contributed by atoms with E-state index >= 15 is 0 Å². The summed E-state index contributed by atoms with van der Waals surface area (Å²) in [5, 5.41) is 9.98. The molecule has 0 atom stereocenters. The fourth-order valence-corrected chi connectivity index (χ4v) is 4.52. The van der Waals surface area contributed by atoms with Crippen LogP contribution in [0.1, 0.15) is 27.6 Å². The summed E-state index contributed by atoms with van der Waals surface area (Å²) >= 11 is 6.63. The van der Waals surface area contributed by atoms with Gasteiger partial charge in [-0.1, -0.05) is 47.2 Å². The molecule has 0 aliphatic rings. The molecule has 156 valence electrons. The largest absolute Gasteiger partial charge is 0.462 e. The van der Waals surface area contributed by atoms with Crippen molar-refractivity contribution >= 4 is 55.7 Å². The fraction of sp³-hybridized carbons (Fsp3) is 0.111. The van der Waals surface area contributed by atoms with Gasteiger partial charge in [0.1, 0.15) is 0 Å². The Kier molecular flexibility index (Phi) is 6.65. The van der Waals surface area contributed by atoms with E-state index in [0.717, 1.165) is 0 Å². The quantitative estimate of drug-likeness (QED) is 0.403. The van der Waals surface area contributed by atoms with Crippen molar-refractivity contribution in [3.05, 3.63) is 64.7 Å². The Morgan fingerprint density at radius 3 is 2.43 bits per heavy atom. The van der Waals surface area contributed by atoms with Gasteiger partial charge in [0.2, 0.25) is 5.13 Å². The fourth-order valence-electron chi connectivity index (χ4n) is 2.33. The normalized spacial score (nSPS) is 11.0. The molecule has 0 radical (unpaired) electrons. The van der Waals surface area contributed by atoms with Crippen LogP contribution in [0.15, 0.2) is 52.9 Å². The van der Waals surface area contributed by atoms with Crippen LogP contribution in [0.5, 0.6) is 0 Å². The Morgan fingerprint density at radius 1 is 1.07 bits per heavy atom. The maximum atomic E-state index is 12.7. The van der Waals surface area contributed by atoms with E-state index in [-0.39, 0.29) is 33.6 Å². The predicted molar refractivity (Wildman–Crippen MR) is 113 cm³/mol. The smallest absolute Gasteiger partial charge is 0.340 e. The lowest BCUT2D eigenvalue weighted by Gasteiger charge is -2.10. The van der Waals surface area contributed by atoms with Gasteiger partial charge in [-0.3, -0.25) is 14.8 Å². The van der Waals surface area contributed by atoms with Crippen LogP contribution in [-0.2, 0) is 14.8 Å². The van der Waals surface area contributed by atoms with Crippen molar-refractivity contribution in [2.75, 3.05) is 16.6 Å². The van der Waals surface area contributed by atoms with Crippen LogP contribution in [0, 0.1) is 0 Å². The second kappa shape index (κ2) is 9.20. The van der Waals surface area contributed by atoms with E-state index in [9.17, 15) is 18.0 Å². The second-order valence-electron chi connectivity index (χ2n) is 5.68. The summed E-state index contributed by atoms with van der Waals surface area (Å²) in [5.74, 6) is -1.22. The summed E-state index contributed by atoms with van der Waals surface area (Å²) in [4.78, 5) is 24.3. The van der Waals surface area contributed by atoms with Gasteiger partial charge in [0.05, 0.1) is 28.4 Å². The molecule has 1 amide bonds. The van der Waals surface area contributed by atoms with Crippen molar-refractivity contribution in [3.8, 4) is 0 Å². The molecule has 3 rings (SSSR count). The molecule has 0 bridgehead atoms. The van der Waals surface area contributed by atoms with Crippen molar-refractivity contribution in [1.29, 1.82) is 0 Å². The van der Waals surface area contributed by atoms with Crippen molar-refractivity contribution in [3.63, 3.8) is 0 Å². The van der Waals surface area contributed by atoms with Crippen molar-refractivity contribution < 1.29 is 22.7 Å². The maximum Gasteiger partial charge on any atom is 0.340 e. The van der Waals surface area contributed by atoms with E-state index in [1.54, 1.807) is 37.3 Å². The molecular weight excluding hydrogens is 452 g/mol. The molecule has 0 fully saturated rings. The van der Waals surface area contributed by atoms with E-state index in [4.69, 9.17) is 16.3 Å². The van der Waals surface area contributed by atoms with Crippen LogP contribution in [0.25, 0.3) is 0 Å². The number of carbonyl (C=O) groups excluding carboxylic acids is 2. The summed E-state index contributed by atoms with van der Waals surface area (Å²) in [6.07, 6.45) is 0. The third-order valence-electron chi connectivity index (χ3n) is 3.64. The number of amides is 1. The van der Waals surface area contributed by atoms with E-state index in [1.807, 2.05) is 0 Å². The van der Waals surface area contributed by atoms with Gasteiger partial charge in [-0.2, -0.15) is 8.42 Å². The standard InChI is InChI=1S/C18H15ClN4O5S2/c1-2-28-16(25)12-8-4-6-10-14(12)23-30(26,27)18-22-21-17(29-18)20-15(24)11-7-3-5-9-13(11)19/h3-10,23H,2H2,1H3,(H,20,21,24). The maximum absolute atomic E-state index is 12.7. The first kappa shape index (κ1) is 21.7. The average Bonchev–Trinajstić information content (AvgIpc) is 3.18. The van der Waals surface area contributed by atoms with Gasteiger partial charge in [0.25, 0.3) is 20.3 Å². The van der Waals surface area contributed by atoms with Crippen molar-refractivity contribution in [2.24, 2.45) is 0 Å². The van der Waals surface area contributed by atoms with Crippen LogP contribution in [0.3, 0.4) is 0 Å². The second-order valence-corrected chi connectivity index (χ2v) is 8.92. The predicted octanol–water partition coefficient (Wildman–Crippen LogP) is 3.42. The number of halogens is 1. The number of benzene rings is 2. The number of hydrogen-bond donors (Lipinski definition) is 2. The molecule has 0 aliphatic heterocycles. The van der Waals surface area contributed by atoms with Gasteiger partial charge in [0.15, 0.2) is 0 Å². The van der Waals surface area contributed by atoms with E-state index in [0.29, 0.717) is 11.3 Å². The summed E-state index contributed by atoms with van der Waals surface area (Å²) in [6.45, 7) is 1.79.